The molecule has 29 heavy (non-hydrogen) atoms. The number of carbonyl (C=O) groups excluding carboxylic acids is 3. The maximum Gasteiger partial charge on any atom is 0.289 e. The zero-order valence-electron chi connectivity index (χ0n) is 16.3. The summed E-state index contributed by atoms with van der Waals surface area (Å²) in [5.41, 5.74) is 0.464. The molecule has 0 atom stereocenters. The Kier molecular flexibility index (Phi) is 6.89. The van der Waals surface area contributed by atoms with Gasteiger partial charge in [-0.3, -0.25) is 14.4 Å². The van der Waals surface area contributed by atoms with E-state index in [1.54, 1.807) is 41.3 Å². The molecule has 8 heteroatoms. The molecule has 154 valence electrons. The average Bonchev–Trinajstić information content (AvgIpc) is 3.28. The van der Waals surface area contributed by atoms with Gasteiger partial charge >= 0.3 is 0 Å². The van der Waals surface area contributed by atoms with Crippen molar-refractivity contribution in [2.24, 2.45) is 0 Å². The van der Waals surface area contributed by atoms with E-state index in [4.69, 9.17) is 9.15 Å². The van der Waals surface area contributed by atoms with Gasteiger partial charge in [-0.2, -0.15) is 0 Å². The van der Waals surface area contributed by atoms with Gasteiger partial charge in [0.2, 0.25) is 5.91 Å². The lowest BCUT2D eigenvalue weighted by molar-refractivity contribution is -0.121. The van der Waals surface area contributed by atoms with Gasteiger partial charge in [0.15, 0.2) is 5.76 Å². The van der Waals surface area contributed by atoms with E-state index in [1.165, 1.54) is 6.26 Å². The Morgan fingerprint density at radius 1 is 1.14 bits per heavy atom. The third-order valence-electron chi connectivity index (χ3n) is 4.72. The SMILES string of the molecule is CCOc1ccc(C(=O)NCC(=O)NC2CCN(C(=O)c3ccco3)CC2)cc1. The Balaban J connectivity index is 1.38. The van der Waals surface area contributed by atoms with Crippen LogP contribution in [0, 0.1) is 0 Å². The van der Waals surface area contributed by atoms with Gasteiger partial charge in [0.05, 0.1) is 19.4 Å². The van der Waals surface area contributed by atoms with Crippen LogP contribution >= 0.6 is 0 Å². The summed E-state index contributed by atoms with van der Waals surface area (Å²) in [5.74, 6) is 0.313. The third kappa shape index (κ3) is 5.60. The number of likely N-dealkylation sites (tertiary alicyclic amines) is 1. The molecule has 8 nitrogen and oxygen atoms in total. The van der Waals surface area contributed by atoms with Crippen molar-refractivity contribution in [2.75, 3.05) is 26.2 Å². The number of furan rings is 1. The number of piperidine rings is 1. The molecule has 1 fully saturated rings. The van der Waals surface area contributed by atoms with Gasteiger partial charge in [-0.25, -0.2) is 0 Å². The van der Waals surface area contributed by atoms with Crippen LogP contribution in [0.25, 0.3) is 0 Å². The minimum absolute atomic E-state index is 0.0227. The van der Waals surface area contributed by atoms with Gasteiger partial charge in [0.1, 0.15) is 5.75 Å². The summed E-state index contributed by atoms with van der Waals surface area (Å²) in [4.78, 5) is 38.3. The van der Waals surface area contributed by atoms with Crippen molar-refractivity contribution in [3.63, 3.8) is 0 Å². The molecule has 3 amide bonds. The van der Waals surface area contributed by atoms with Crippen molar-refractivity contribution in [1.82, 2.24) is 15.5 Å². The molecule has 0 saturated carbocycles. The van der Waals surface area contributed by atoms with Gasteiger partial charge in [-0.1, -0.05) is 0 Å². The standard InChI is InChI=1S/C21H25N3O5/c1-2-28-17-7-5-15(6-8-17)20(26)22-14-19(25)23-16-9-11-24(12-10-16)21(27)18-4-3-13-29-18/h3-8,13,16H,2,9-12,14H2,1H3,(H,22,26)(H,23,25). The molecule has 1 aliphatic rings. The quantitative estimate of drug-likeness (QED) is 0.740. The Hall–Kier alpha value is -3.29. The van der Waals surface area contributed by atoms with Crippen LogP contribution in [0.4, 0.5) is 0 Å². The van der Waals surface area contributed by atoms with Crippen LogP contribution in [0.2, 0.25) is 0 Å². The first-order valence-electron chi connectivity index (χ1n) is 9.70. The lowest BCUT2D eigenvalue weighted by atomic mass is 10.0. The molecule has 2 N–H and O–H groups in total. The molecule has 0 radical (unpaired) electrons. The predicted octanol–water partition coefficient (Wildman–Crippen LogP) is 1.83. The molecule has 0 aliphatic carbocycles. The molecule has 2 aromatic rings. The number of amides is 3. The van der Waals surface area contributed by atoms with Crippen molar-refractivity contribution in [1.29, 1.82) is 0 Å². The van der Waals surface area contributed by atoms with E-state index in [0.717, 1.165) is 0 Å². The third-order valence-corrected chi connectivity index (χ3v) is 4.72. The normalized spacial score (nSPS) is 14.3. The highest BCUT2D eigenvalue weighted by Crippen LogP contribution is 2.14. The lowest BCUT2D eigenvalue weighted by Gasteiger charge is -2.31. The van der Waals surface area contributed by atoms with Gasteiger partial charge < -0.3 is 24.7 Å². The molecule has 1 saturated heterocycles. The van der Waals surface area contributed by atoms with Crippen LogP contribution in [-0.2, 0) is 4.79 Å². The van der Waals surface area contributed by atoms with Crippen molar-refractivity contribution in [3.05, 3.63) is 54.0 Å². The number of ether oxygens (including phenoxy) is 1. The molecular weight excluding hydrogens is 374 g/mol. The maximum atomic E-state index is 12.2. The van der Waals surface area contributed by atoms with Crippen LogP contribution in [0.1, 0.15) is 40.7 Å². The summed E-state index contributed by atoms with van der Waals surface area (Å²) in [6, 6.07) is 10.1. The number of carbonyl (C=O) groups is 3. The van der Waals surface area contributed by atoms with E-state index in [9.17, 15) is 14.4 Å². The molecule has 1 aromatic heterocycles. The molecule has 0 spiro atoms. The number of hydrogen-bond donors (Lipinski definition) is 2. The van der Waals surface area contributed by atoms with Crippen LogP contribution in [0.3, 0.4) is 0 Å². The zero-order chi connectivity index (χ0) is 20.6. The summed E-state index contributed by atoms with van der Waals surface area (Å²) in [6.07, 6.45) is 2.79. The van der Waals surface area contributed by atoms with E-state index in [-0.39, 0.29) is 30.3 Å². The number of nitrogens with one attached hydrogen (secondary N) is 2. The predicted molar refractivity (Wildman–Crippen MR) is 106 cm³/mol. The molecule has 3 rings (SSSR count). The van der Waals surface area contributed by atoms with E-state index >= 15 is 0 Å². The zero-order valence-corrected chi connectivity index (χ0v) is 16.3. The van der Waals surface area contributed by atoms with Crippen molar-refractivity contribution in [3.8, 4) is 5.75 Å². The van der Waals surface area contributed by atoms with Gasteiger partial charge in [-0.15, -0.1) is 0 Å². The topological polar surface area (TPSA) is 101 Å². The van der Waals surface area contributed by atoms with Crippen LogP contribution < -0.4 is 15.4 Å². The summed E-state index contributed by atoms with van der Waals surface area (Å²) >= 11 is 0. The second kappa shape index (κ2) is 9.77. The highest BCUT2D eigenvalue weighted by molar-refractivity contribution is 5.96. The van der Waals surface area contributed by atoms with Crippen molar-refractivity contribution in [2.45, 2.75) is 25.8 Å². The lowest BCUT2D eigenvalue weighted by Crippen LogP contribution is -2.48. The van der Waals surface area contributed by atoms with Crippen LogP contribution in [0.5, 0.6) is 5.75 Å². The van der Waals surface area contributed by atoms with Gasteiger partial charge in [-0.05, 0) is 56.2 Å². The summed E-state index contributed by atoms with van der Waals surface area (Å²) < 4.78 is 10.5. The number of hydrogen-bond acceptors (Lipinski definition) is 5. The highest BCUT2D eigenvalue weighted by atomic mass is 16.5. The fourth-order valence-corrected chi connectivity index (χ4v) is 3.19. The van der Waals surface area contributed by atoms with E-state index in [2.05, 4.69) is 10.6 Å². The first kappa shape index (κ1) is 20.4. The van der Waals surface area contributed by atoms with E-state index in [1.807, 2.05) is 6.92 Å². The Labute approximate surface area is 169 Å². The Morgan fingerprint density at radius 2 is 1.86 bits per heavy atom. The first-order chi connectivity index (χ1) is 14.1. The second-order valence-electron chi connectivity index (χ2n) is 6.75. The second-order valence-corrected chi connectivity index (χ2v) is 6.75. The van der Waals surface area contributed by atoms with Crippen molar-refractivity contribution < 1.29 is 23.5 Å². The van der Waals surface area contributed by atoms with Crippen molar-refractivity contribution >= 4 is 17.7 Å². The maximum absolute atomic E-state index is 12.2. The average molecular weight is 399 g/mol. The van der Waals surface area contributed by atoms with E-state index < -0.39 is 0 Å². The molecule has 0 bridgehead atoms. The number of rotatable bonds is 7. The highest BCUT2D eigenvalue weighted by Gasteiger charge is 2.25. The number of nitrogens with zero attached hydrogens (tertiary/aromatic N) is 1. The smallest absolute Gasteiger partial charge is 0.289 e. The van der Waals surface area contributed by atoms with Gasteiger partial charge in [0, 0.05) is 24.7 Å². The fourth-order valence-electron chi connectivity index (χ4n) is 3.19. The molecular formula is C21H25N3O5. The van der Waals surface area contributed by atoms with E-state index in [0.29, 0.717) is 49.6 Å². The number of benzene rings is 1. The minimum Gasteiger partial charge on any atom is -0.494 e. The van der Waals surface area contributed by atoms with Crippen LogP contribution in [0.15, 0.2) is 47.1 Å². The summed E-state index contributed by atoms with van der Waals surface area (Å²) in [7, 11) is 0. The molecule has 0 unspecified atom stereocenters. The summed E-state index contributed by atoms with van der Waals surface area (Å²) in [6.45, 7) is 3.44. The van der Waals surface area contributed by atoms with Gasteiger partial charge in [0.25, 0.3) is 11.8 Å². The Bertz CT molecular complexity index is 825. The first-order valence-corrected chi connectivity index (χ1v) is 9.70. The largest absolute Gasteiger partial charge is 0.494 e. The molecule has 1 aliphatic heterocycles. The fraction of sp³-hybridized carbons (Fsp3) is 0.381. The van der Waals surface area contributed by atoms with Crippen LogP contribution in [-0.4, -0.2) is 54.9 Å². The monoisotopic (exact) mass is 399 g/mol. The molecule has 2 heterocycles. The Morgan fingerprint density at radius 3 is 2.48 bits per heavy atom. The molecule has 1 aromatic carbocycles. The summed E-state index contributed by atoms with van der Waals surface area (Å²) in [5, 5.41) is 5.53. The minimum atomic E-state index is -0.318.